The average Bonchev–Trinajstić information content (AvgIpc) is 3.34. The number of carbonyl (C=O) groups excluding carboxylic acids is 1. The summed E-state index contributed by atoms with van der Waals surface area (Å²) in [5.74, 6) is 1.39. The van der Waals surface area contributed by atoms with Crippen molar-refractivity contribution in [2.24, 2.45) is 0 Å². The van der Waals surface area contributed by atoms with Crippen molar-refractivity contribution < 1.29 is 4.79 Å². The van der Waals surface area contributed by atoms with E-state index in [4.69, 9.17) is 0 Å². The molecule has 0 N–H and O–H groups in total. The summed E-state index contributed by atoms with van der Waals surface area (Å²) < 4.78 is 4.30. The smallest absolute Gasteiger partial charge is 0.191 e. The molecule has 0 aliphatic carbocycles. The van der Waals surface area contributed by atoms with Crippen molar-refractivity contribution in [1.29, 1.82) is 0 Å². The van der Waals surface area contributed by atoms with E-state index < -0.39 is 0 Å². The van der Waals surface area contributed by atoms with Gasteiger partial charge in [0.2, 0.25) is 0 Å². The SMILES string of the molecule is CCCn1c(C)cc(C(=O)CSc2nnc(-c3cccs3)n2CC)c1C. The van der Waals surface area contributed by atoms with Crippen LogP contribution >= 0.6 is 23.1 Å². The number of thiophene rings is 1. The Labute approximate surface area is 162 Å². The van der Waals surface area contributed by atoms with Crippen LogP contribution in [0.2, 0.25) is 0 Å². The monoisotopic (exact) mass is 388 g/mol. The number of rotatable bonds is 8. The molecule has 0 amide bonds. The third-order valence-corrected chi connectivity index (χ3v) is 6.26. The zero-order valence-corrected chi connectivity index (χ0v) is 17.3. The summed E-state index contributed by atoms with van der Waals surface area (Å²) in [7, 11) is 0. The van der Waals surface area contributed by atoms with Gasteiger partial charge in [-0.15, -0.1) is 21.5 Å². The molecular formula is C19H24N4OS2. The first-order valence-electron chi connectivity index (χ1n) is 8.86. The largest absolute Gasteiger partial charge is 0.348 e. The van der Waals surface area contributed by atoms with Crippen molar-refractivity contribution in [3.63, 3.8) is 0 Å². The Morgan fingerprint density at radius 3 is 2.69 bits per heavy atom. The molecule has 138 valence electrons. The van der Waals surface area contributed by atoms with Crippen LogP contribution in [0.25, 0.3) is 10.7 Å². The predicted octanol–water partition coefficient (Wildman–Crippen LogP) is 4.83. The van der Waals surface area contributed by atoms with Crippen LogP contribution in [0, 0.1) is 13.8 Å². The summed E-state index contributed by atoms with van der Waals surface area (Å²) >= 11 is 3.11. The van der Waals surface area contributed by atoms with Crippen molar-refractivity contribution in [2.45, 2.75) is 52.4 Å². The molecule has 3 heterocycles. The molecule has 3 rings (SSSR count). The maximum atomic E-state index is 12.8. The Morgan fingerprint density at radius 2 is 2.04 bits per heavy atom. The normalized spacial score (nSPS) is 11.2. The maximum absolute atomic E-state index is 12.8. The fraction of sp³-hybridized carbons (Fsp3) is 0.421. The third-order valence-electron chi connectivity index (χ3n) is 4.43. The Balaban J connectivity index is 1.76. The molecule has 0 spiro atoms. The summed E-state index contributed by atoms with van der Waals surface area (Å²) in [6.07, 6.45) is 1.06. The highest BCUT2D eigenvalue weighted by Gasteiger charge is 2.18. The fourth-order valence-electron chi connectivity index (χ4n) is 3.13. The van der Waals surface area contributed by atoms with E-state index in [1.165, 1.54) is 11.8 Å². The van der Waals surface area contributed by atoms with Crippen molar-refractivity contribution >= 4 is 28.9 Å². The molecule has 3 aromatic rings. The Bertz CT molecular complexity index is 893. The summed E-state index contributed by atoms with van der Waals surface area (Å²) in [4.78, 5) is 13.9. The molecule has 0 aliphatic heterocycles. The Morgan fingerprint density at radius 1 is 1.23 bits per heavy atom. The fourth-order valence-corrected chi connectivity index (χ4v) is 4.73. The van der Waals surface area contributed by atoms with Crippen molar-refractivity contribution in [3.05, 3.63) is 40.5 Å². The van der Waals surface area contributed by atoms with Gasteiger partial charge < -0.3 is 9.13 Å². The van der Waals surface area contributed by atoms with Gasteiger partial charge in [0.15, 0.2) is 16.8 Å². The van der Waals surface area contributed by atoms with E-state index in [-0.39, 0.29) is 5.78 Å². The van der Waals surface area contributed by atoms with E-state index in [2.05, 4.69) is 40.1 Å². The van der Waals surface area contributed by atoms with Gasteiger partial charge in [0, 0.05) is 30.0 Å². The summed E-state index contributed by atoms with van der Waals surface area (Å²) in [5, 5.41) is 11.5. The van der Waals surface area contributed by atoms with Crippen LogP contribution < -0.4 is 0 Å². The van der Waals surface area contributed by atoms with Gasteiger partial charge in [-0.25, -0.2) is 0 Å². The highest BCUT2D eigenvalue weighted by atomic mass is 32.2. The van der Waals surface area contributed by atoms with Gasteiger partial charge in [-0.05, 0) is 44.7 Å². The van der Waals surface area contributed by atoms with E-state index in [9.17, 15) is 4.79 Å². The molecule has 5 nitrogen and oxygen atoms in total. The standard InChI is InChI=1S/C19H24N4OS2/c1-5-9-23-13(3)11-15(14(23)4)16(24)12-26-19-21-20-18(22(19)6-2)17-8-7-10-25-17/h7-8,10-11H,5-6,9,12H2,1-4H3. The summed E-state index contributed by atoms with van der Waals surface area (Å²) in [6.45, 7) is 10.1. The second-order valence-electron chi connectivity index (χ2n) is 6.18. The van der Waals surface area contributed by atoms with Crippen molar-refractivity contribution in [1.82, 2.24) is 19.3 Å². The Kier molecular flexibility index (Phi) is 5.98. The van der Waals surface area contributed by atoms with Crippen molar-refractivity contribution in [3.8, 4) is 10.7 Å². The molecule has 3 aromatic heterocycles. The molecular weight excluding hydrogens is 364 g/mol. The molecule has 7 heteroatoms. The number of nitrogens with zero attached hydrogens (tertiary/aromatic N) is 4. The van der Waals surface area contributed by atoms with E-state index >= 15 is 0 Å². The molecule has 0 aliphatic rings. The predicted molar refractivity (Wildman–Crippen MR) is 108 cm³/mol. The van der Waals surface area contributed by atoms with Gasteiger partial charge in [-0.1, -0.05) is 24.8 Å². The van der Waals surface area contributed by atoms with Gasteiger partial charge in [-0.3, -0.25) is 4.79 Å². The molecule has 0 unspecified atom stereocenters. The van der Waals surface area contributed by atoms with Crippen LogP contribution in [0.4, 0.5) is 0 Å². The van der Waals surface area contributed by atoms with Crippen LogP contribution in [0.1, 0.15) is 42.0 Å². The zero-order chi connectivity index (χ0) is 18.7. The number of thioether (sulfide) groups is 1. The molecule has 0 radical (unpaired) electrons. The molecule has 0 saturated heterocycles. The molecule has 0 atom stereocenters. The second-order valence-corrected chi connectivity index (χ2v) is 8.07. The van der Waals surface area contributed by atoms with Crippen LogP contribution in [0.5, 0.6) is 0 Å². The van der Waals surface area contributed by atoms with E-state index in [0.29, 0.717) is 5.75 Å². The third kappa shape index (κ3) is 3.64. The first kappa shape index (κ1) is 18.9. The van der Waals surface area contributed by atoms with Gasteiger partial charge in [0.1, 0.15) is 0 Å². The van der Waals surface area contributed by atoms with Crippen LogP contribution in [-0.2, 0) is 13.1 Å². The first-order valence-corrected chi connectivity index (χ1v) is 10.7. The van der Waals surface area contributed by atoms with Crippen LogP contribution in [-0.4, -0.2) is 30.9 Å². The average molecular weight is 389 g/mol. The number of ketones is 1. The van der Waals surface area contributed by atoms with E-state index in [1.807, 2.05) is 30.5 Å². The highest BCUT2D eigenvalue weighted by molar-refractivity contribution is 7.99. The van der Waals surface area contributed by atoms with Gasteiger partial charge in [0.25, 0.3) is 0 Å². The minimum absolute atomic E-state index is 0.147. The van der Waals surface area contributed by atoms with Gasteiger partial charge in [0.05, 0.1) is 10.6 Å². The second kappa shape index (κ2) is 8.22. The minimum atomic E-state index is 0.147. The lowest BCUT2D eigenvalue weighted by Gasteiger charge is -2.08. The number of hydrogen-bond donors (Lipinski definition) is 0. The molecule has 0 bridgehead atoms. The number of carbonyl (C=O) groups is 1. The lowest BCUT2D eigenvalue weighted by atomic mass is 10.2. The first-order chi connectivity index (χ1) is 12.6. The van der Waals surface area contributed by atoms with Crippen LogP contribution in [0.15, 0.2) is 28.7 Å². The molecule has 0 fully saturated rings. The Hall–Kier alpha value is -1.86. The number of aryl methyl sites for hydroxylation is 1. The quantitative estimate of drug-likeness (QED) is 0.410. The number of hydrogen-bond acceptors (Lipinski definition) is 5. The van der Waals surface area contributed by atoms with Gasteiger partial charge in [-0.2, -0.15) is 0 Å². The topological polar surface area (TPSA) is 52.7 Å². The number of Topliss-reactive ketones (excluding diaryl/α,β-unsaturated/α-hetero) is 1. The molecule has 0 aromatic carbocycles. The highest BCUT2D eigenvalue weighted by Crippen LogP contribution is 2.28. The lowest BCUT2D eigenvalue weighted by molar-refractivity contribution is 0.102. The zero-order valence-electron chi connectivity index (χ0n) is 15.7. The van der Waals surface area contributed by atoms with E-state index in [0.717, 1.165) is 52.3 Å². The van der Waals surface area contributed by atoms with Gasteiger partial charge >= 0.3 is 0 Å². The lowest BCUT2D eigenvalue weighted by Crippen LogP contribution is -2.07. The van der Waals surface area contributed by atoms with E-state index in [1.54, 1.807) is 11.3 Å². The number of aromatic nitrogens is 4. The summed E-state index contributed by atoms with van der Waals surface area (Å²) in [6, 6.07) is 6.07. The van der Waals surface area contributed by atoms with Crippen molar-refractivity contribution in [2.75, 3.05) is 5.75 Å². The minimum Gasteiger partial charge on any atom is -0.348 e. The molecule has 26 heavy (non-hydrogen) atoms. The summed E-state index contributed by atoms with van der Waals surface area (Å²) in [5.41, 5.74) is 3.03. The molecule has 0 saturated carbocycles. The maximum Gasteiger partial charge on any atom is 0.191 e. The van der Waals surface area contributed by atoms with Crippen LogP contribution in [0.3, 0.4) is 0 Å².